The first-order chi connectivity index (χ1) is 14.0. The van der Waals surface area contributed by atoms with Gasteiger partial charge in [0, 0.05) is 24.3 Å². The highest BCUT2D eigenvalue weighted by Crippen LogP contribution is 2.22. The zero-order valence-corrected chi connectivity index (χ0v) is 17.5. The summed E-state index contributed by atoms with van der Waals surface area (Å²) in [7, 11) is 1.57. The van der Waals surface area contributed by atoms with E-state index in [1.54, 1.807) is 24.5 Å². The van der Waals surface area contributed by atoms with Crippen LogP contribution in [-0.4, -0.2) is 35.2 Å². The average molecular weight is 413 g/mol. The maximum Gasteiger partial charge on any atom is 0.309 e. The second-order valence-electron chi connectivity index (χ2n) is 6.65. The van der Waals surface area contributed by atoms with Gasteiger partial charge >= 0.3 is 11.8 Å². The van der Waals surface area contributed by atoms with E-state index in [0.717, 1.165) is 22.5 Å². The van der Waals surface area contributed by atoms with Crippen LogP contribution in [0.2, 0.25) is 0 Å². The molecule has 0 saturated heterocycles. The standard InChI is InChI=1S/C21H24N4O3S/c1-14-10-15(2)25(24-14)18(17-8-9-29-13-17)12-23-21(27)20(26)22-11-16-6-4-5-7-19(16)28-3/h4-10,13,18H,11-12H2,1-3H3,(H,22,26)(H,23,27)/t18-/m0/s1. The van der Waals surface area contributed by atoms with Gasteiger partial charge in [-0.2, -0.15) is 16.4 Å². The van der Waals surface area contributed by atoms with E-state index in [0.29, 0.717) is 5.75 Å². The summed E-state index contributed by atoms with van der Waals surface area (Å²) < 4.78 is 7.14. The fourth-order valence-corrected chi connectivity index (χ4v) is 3.85. The number of carbonyl (C=O) groups excluding carboxylic acids is 2. The highest BCUT2D eigenvalue weighted by molar-refractivity contribution is 7.08. The molecule has 0 aliphatic heterocycles. The Kier molecular flexibility index (Phi) is 6.66. The van der Waals surface area contributed by atoms with Gasteiger partial charge in [0.15, 0.2) is 0 Å². The van der Waals surface area contributed by atoms with Gasteiger partial charge in [-0.1, -0.05) is 18.2 Å². The normalized spacial score (nSPS) is 11.7. The number of aryl methyl sites for hydroxylation is 2. The molecular formula is C21H24N4O3S. The molecular weight excluding hydrogens is 388 g/mol. The van der Waals surface area contributed by atoms with E-state index >= 15 is 0 Å². The molecule has 1 aromatic carbocycles. The number of carbonyl (C=O) groups is 2. The summed E-state index contributed by atoms with van der Waals surface area (Å²) in [6.07, 6.45) is 0. The van der Waals surface area contributed by atoms with Crippen molar-refractivity contribution in [2.45, 2.75) is 26.4 Å². The summed E-state index contributed by atoms with van der Waals surface area (Å²) in [5.41, 5.74) is 3.74. The van der Waals surface area contributed by atoms with Crippen LogP contribution in [-0.2, 0) is 16.1 Å². The molecule has 3 rings (SSSR count). The number of methoxy groups -OCH3 is 1. The van der Waals surface area contributed by atoms with Crippen LogP contribution in [0.3, 0.4) is 0 Å². The zero-order chi connectivity index (χ0) is 20.8. The fourth-order valence-electron chi connectivity index (χ4n) is 3.15. The predicted molar refractivity (Wildman–Crippen MR) is 112 cm³/mol. The van der Waals surface area contributed by atoms with Crippen LogP contribution < -0.4 is 15.4 Å². The molecule has 29 heavy (non-hydrogen) atoms. The second kappa shape index (κ2) is 9.38. The third-order valence-electron chi connectivity index (χ3n) is 4.56. The van der Waals surface area contributed by atoms with Crippen LogP contribution in [0, 0.1) is 13.8 Å². The molecule has 7 nitrogen and oxygen atoms in total. The van der Waals surface area contributed by atoms with Gasteiger partial charge in [0.2, 0.25) is 0 Å². The fraction of sp³-hybridized carbons (Fsp3) is 0.286. The first kappa shape index (κ1) is 20.6. The largest absolute Gasteiger partial charge is 0.496 e. The minimum absolute atomic E-state index is 0.180. The van der Waals surface area contributed by atoms with Crippen molar-refractivity contribution in [1.29, 1.82) is 0 Å². The summed E-state index contributed by atoms with van der Waals surface area (Å²) in [4.78, 5) is 24.6. The topological polar surface area (TPSA) is 85.2 Å². The number of hydrogen-bond donors (Lipinski definition) is 2. The molecule has 0 fully saturated rings. The molecule has 0 saturated carbocycles. The van der Waals surface area contributed by atoms with Gasteiger partial charge in [-0.15, -0.1) is 0 Å². The van der Waals surface area contributed by atoms with Gasteiger partial charge in [-0.05, 0) is 48.4 Å². The van der Waals surface area contributed by atoms with Gasteiger partial charge in [-0.25, -0.2) is 0 Å². The van der Waals surface area contributed by atoms with Gasteiger partial charge < -0.3 is 15.4 Å². The van der Waals surface area contributed by atoms with E-state index in [-0.39, 0.29) is 19.1 Å². The van der Waals surface area contributed by atoms with Crippen LogP contribution in [0.25, 0.3) is 0 Å². The number of aromatic nitrogens is 2. The van der Waals surface area contributed by atoms with E-state index < -0.39 is 11.8 Å². The molecule has 2 N–H and O–H groups in total. The third-order valence-corrected chi connectivity index (χ3v) is 5.26. The van der Waals surface area contributed by atoms with E-state index in [4.69, 9.17) is 4.74 Å². The second-order valence-corrected chi connectivity index (χ2v) is 7.43. The number of thiophene rings is 1. The van der Waals surface area contributed by atoms with Crippen LogP contribution in [0.5, 0.6) is 5.75 Å². The Morgan fingerprint density at radius 3 is 2.59 bits per heavy atom. The van der Waals surface area contributed by atoms with Crippen molar-refractivity contribution >= 4 is 23.2 Å². The summed E-state index contributed by atoms with van der Waals surface area (Å²) >= 11 is 1.58. The molecule has 0 aliphatic rings. The van der Waals surface area contributed by atoms with E-state index in [1.165, 1.54) is 0 Å². The lowest BCUT2D eigenvalue weighted by Gasteiger charge is -2.19. The maximum absolute atomic E-state index is 12.3. The van der Waals surface area contributed by atoms with Crippen molar-refractivity contribution in [2.24, 2.45) is 0 Å². The Hall–Kier alpha value is -3.13. The molecule has 3 aromatic rings. The van der Waals surface area contributed by atoms with Crippen LogP contribution in [0.15, 0.2) is 47.2 Å². The van der Waals surface area contributed by atoms with Crippen LogP contribution in [0.4, 0.5) is 0 Å². The van der Waals surface area contributed by atoms with Crippen molar-refractivity contribution in [3.63, 3.8) is 0 Å². The van der Waals surface area contributed by atoms with E-state index in [1.807, 2.05) is 59.6 Å². The number of nitrogens with one attached hydrogen (secondary N) is 2. The number of benzene rings is 1. The molecule has 2 heterocycles. The summed E-state index contributed by atoms with van der Waals surface area (Å²) in [6.45, 7) is 4.38. The van der Waals surface area contributed by atoms with Gasteiger partial charge in [0.25, 0.3) is 0 Å². The van der Waals surface area contributed by atoms with E-state index in [2.05, 4.69) is 15.7 Å². The van der Waals surface area contributed by atoms with Crippen molar-refractivity contribution in [2.75, 3.05) is 13.7 Å². The predicted octanol–water partition coefficient (Wildman–Crippen LogP) is 2.59. The van der Waals surface area contributed by atoms with Gasteiger partial charge in [0.1, 0.15) is 5.75 Å². The third kappa shape index (κ3) is 5.03. The van der Waals surface area contributed by atoms with Crippen molar-refractivity contribution < 1.29 is 14.3 Å². The van der Waals surface area contributed by atoms with Crippen molar-refractivity contribution in [3.05, 3.63) is 69.7 Å². The molecule has 8 heteroatoms. The first-order valence-electron chi connectivity index (χ1n) is 9.22. The first-order valence-corrected chi connectivity index (χ1v) is 10.2. The maximum atomic E-state index is 12.3. The molecule has 0 aliphatic carbocycles. The Labute approximate surface area is 173 Å². The number of amides is 2. The minimum atomic E-state index is -0.687. The van der Waals surface area contributed by atoms with Gasteiger partial charge in [0.05, 0.1) is 18.8 Å². The smallest absolute Gasteiger partial charge is 0.309 e. The van der Waals surface area contributed by atoms with Crippen molar-refractivity contribution in [3.8, 4) is 5.75 Å². The van der Waals surface area contributed by atoms with Crippen LogP contribution >= 0.6 is 11.3 Å². The Balaban J connectivity index is 1.62. The lowest BCUT2D eigenvalue weighted by Crippen LogP contribution is -2.42. The highest BCUT2D eigenvalue weighted by Gasteiger charge is 2.21. The molecule has 0 spiro atoms. The SMILES string of the molecule is COc1ccccc1CNC(=O)C(=O)NC[C@@H](c1ccsc1)n1nc(C)cc1C. The minimum Gasteiger partial charge on any atom is -0.496 e. The number of para-hydroxylation sites is 1. The monoisotopic (exact) mass is 412 g/mol. The number of rotatable bonds is 7. The molecule has 2 aromatic heterocycles. The van der Waals surface area contributed by atoms with Crippen LogP contribution in [0.1, 0.15) is 28.6 Å². The molecule has 152 valence electrons. The molecule has 0 radical (unpaired) electrons. The number of ether oxygens (including phenoxy) is 1. The molecule has 2 amide bonds. The molecule has 1 atom stereocenters. The Morgan fingerprint density at radius 1 is 1.17 bits per heavy atom. The number of nitrogens with zero attached hydrogens (tertiary/aromatic N) is 2. The van der Waals surface area contributed by atoms with E-state index in [9.17, 15) is 9.59 Å². The van der Waals surface area contributed by atoms with Gasteiger partial charge in [-0.3, -0.25) is 14.3 Å². The molecule has 0 bridgehead atoms. The summed E-state index contributed by atoms with van der Waals surface area (Å²) in [5.74, 6) is -0.703. The lowest BCUT2D eigenvalue weighted by molar-refractivity contribution is -0.139. The zero-order valence-electron chi connectivity index (χ0n) is 16.6. The summed E-state index contributed by atoms with van der Waals surface area (Å²) in [6, 6.07) is 11.2. The Morgan fingerprint density at radius 2 is 1.93 bits per heavy atom. The number of hydrogen-bond acceptors (Lipinski definition) is 5. The van der Waals surface area contributed by atoms with Crippen molar-refractivity contribution in [1.82, 2.24) is 20.4 Å². The molecule has 0 unspecified atom stereocenters. The highest BCUT2D eigenvalue weighted by atomic mass is 32.1. The summed E-state index contributed by atoms with van der Waals surface area (Å²) in [5, 5.41) is 13.9. The Bertz CT molecular complexity index is 982. The quantitative estimate of drug-likeness (QED) is 0.584. The average Bonchev–Trinajstić information content (AvgIpc) is 3.36. The lowest BCUT2D eigenvalue weighted by atomic mass is 10.1.